The number of halogens is 3. The second-order valence-corrected chi connectivity index (χ2v) is 8.75. The van der Waals surface area contributed by atoms with Gasteiger partial charge in [-0.25, -0.2) is 8.42 Å². The summed E-state index contributed by atoms with van der Waals surface area (Å²) in [4.78, 5) is 0. The smallest absolute Gasteiger partial charge is 0.309 e. The van der Waals surface area contributed by atoms with Crippen LogP contribution < -0.4 is 5.32 Å². The molecule has 3 nitrogen and oxygen atoms in total. The highest BCUT2D eigenvalue weighted by atomic mass is 32.2. The summed E-state index contributed by atoms with van der Waals surface area (Å²) in [5.41, 5.74) is -0.0819. The van der Waals surface area contributed by atoms with Crippen molar-refractivity contribution in [3.05, 3.63) is 35.4 Å². The van der Waals surface area contributed by atoms with E-state index >= 15 is 0 Å². The molecular weight excluding hydrogens is 327 g/mol. The van der Waals surface area contributed by atoms with E-state index in [4.69, 9.17) is 0 Å². The van der Waals surface area contributed by atoms with Gasteiger partial charge in [-0.3, -0.25) is 0 Å². The van der Waals surface area contributed by atoms with E-state index in [1.807, 2.05) is 13.8 Å². The molecule has 2 atom stereocenters. The van der Waals surface area contributed by atoms with Crippen LogP contribution >= 0.6 is 0 Å². The zero-order valence-electron chi connectivity index (χ0n) is 13.2. The molecule has 0 amide bonds. The molecular formula is C16H22F3NO2S. The van der Waals surface area contributed by atoms with Crippen molar-refractivity contribution < 1.29 is 21.6 Å². The van der Waals surface area contributed by atoms with Crippen LogP contribution in [-0.4, -0.2) is 26.5 Å². The molecule has 0 unspecified atom stereocenters. The quantitative estimate of drug-likeness (QED) is 0.886. The van der Waals surface area contributed by atoms with Crippen molar-refractivity contribution >= 4 is 9.84 Å². The molecule has 1 aromatic carbocycles. The summed E-state index contributed by atoms with van der Waals surface area (Å²) < 4.78 is 61.6. The molecule has 0 radical (unpaired) electrons. The number of hydrogen-bond acceptors (Lipinski definition) is 3. The number of benzene rings is 1. The average Bonchev–Trinajstić information content (AvgIpc) is 2.77. The van der Waals surface area contributed by atoms with Crippen molar-refractivity contribution in [2.75, 3.05) is 18.1 Å². The third kappa shape index (κ3) is 4.94. The standard InChI is InChI=1S/C16H22F3NO2S/c1-11(2)15(20-9-12-6-7-23(21,22)10-12)13-4-3-5-14(8-13)16(17,18)19/h3-5,8,11-12,15,20H,6-7,9-10H2,1-2H3/t12-,15-/m1/s1. The van der Waals surface area contributed by atoms with Gasteiger partial charge in [-0.15, -0.1) is 0 Å². The maximum atomic E-state index is 12.9. The van der Waals surface area contributed by atoms with E-state index in [0.29, 0.717) is 18.5 Å². The lowest BCUT2D eigenvalue weighted by atomic mass is 9.94. The fourth-order valence-corrected chi connectivity index (χ4v) is 4.84. The fraction of sp³-hybridized carbons (Fsp3) is 0.625. The molecule has 1 N–H and O–H groups in total. The van der Waals surface area contributed by atoms with E-state index in [-0.39, 0.29) is 29.4 Å². The average molecular weight is 349 g/mol. The normalized spacial score (nSPS) is 22.4. The molecule has 1 fully saturated rings. The van der Waals surface area contributed by atoms with E-state index in [2.05, 4.69) is 5.32 Å². The third-order valence-electron chi connectivity index (χ3n) is 4.19. The Morgan fingerprint density at radius 3 is 2.52 bits per heavy atom. The van der Waals surface area contributed by atoms with Gasteiger partial charge in [0.15, 0.2) is 9.84 Å². The summed E-state index contributed by atoms with van der Waals surface area (Å²) >= 11 is 0. The Morgan fingerprint density at radius 2 is 2.00 bits per heavy atom. The zero-order chi connectivity index (χ0) is 17.3. The van der Waals surface area contributed by atoms with Crippen LogP contribution in [0.15, 0.2) is 24.3 Å². The summed E-state index contributed by atoms with van der Waals surface area (Å²) in [5, 5.41) is 3.26. The van der Waals surface area contributed by atoms with E-state index in [9.17, 15) is 21.6 Å². The lowest BCUT2D eigenvalue weighted by molar-refractivity contribution is -0.137. The van der Waals surface area contributed by atoms with Gasteiger partial charge in [0.25, 0.3) is 0 Å². The third-order valence-corrected chi connectivity index (χ3v) is 6.03. The first kappa shape index (κ1) is 18.3. The van der Waals surface area contributed by atoms with Crippen molar-refractivity contribution in [2.24, 2.45) is 11.8 Å². The Morgan fingerprint density at radius 1 is 1.30 bits per heavy atom. The minimum atomic E-state index is -4.36. The number of sulfone groups is 1. The molecule has 1 aliphatic rings. The molecule has 23 heavy (non-hydrogen) atoms. The first-order valence-electron chi connectivity index (χ1n) is 7.69. The van der Waals surface area contributed by atoms with Gasteiger partial charge >= 0.3 is 6.18 Å². The Hall–Kier alpha value is -1.08. The monoisotopic (exact) mass is 349 g/mol. The van der Waals surface area contributed by atoms with Crippen molar-refractivity contribution in [1.29, 1.82) is 0 Å². The summed E-state index contributed by atoms with van der Waals surface area (Å²) in [5.74, 6) is 0.492. The van der Waals surface area contributed by atoms with Crippen LogP contribution in [-0.2, 0) is 16.0 Å². The van der Waals surface area contributed by atoms with E-state index in [0.717, 1.165) is 6.07 Å². The van der Waals surface area contributed by atoms with Gasteiger partial charge in [0.2, 0.25) is 0 Å². The minimum absolute atomic E-state index is 0.0343. The van der Waals surface area contributed by atoms with Gasteiger partial charge in [0, 0.05) is 6.04 Å². The number of alkyl halides is 3. The predicted octanol–water partition coefficient (Wildman–Crippen LogP) is 3.43. The minimum Gasteiger partial charge on any atom is -0.309 e. The van der Waals surface area contributed by atoms with Crippen molar-refractivity contribution in [3.63, 3.8) is 0 Å². The highest BCUT2D eigenvalue weighted by Gasteiger charge is 2.32. The van der Waals surface area contributed by atoms with Crippen molar-refractivity contribution in [2.45, 2.75) is 32.5 Å². The Bertz CT molecular complexity index is 641. The number of rotatable bonds is 5. The molecule has 7 heteroatoms. The van der Waals surface area contributed by atoms with Crippen LogP contribution in [0, 0.1) is 11.8 Å². The maximum absolute atomic E-state index is 12.9. The SMILES string of the molecule is CC(C)[C@@H](NC[C@H]1CCS(=O)(=O)C1)c1cccc(C(F)(F)F)c1. The van der Waals surface area contributed by atoms with Crippen LogP contribution in [0.3, 0.4) is 0 Å². The van der Waals surface area contributed by atoms with Gasteiger partial charge in [-0.2, -0.15) is 13.2 Å². The van der Waals surface area contributed by atoms with Gasteiger partial charge in [0.05, 0.1) is 17.1 Å². The van der Waals surface area contributed by atoms with Gasteiger partial charge in [0.1, 0.15) is 0 Å². The lowest BCUT2D eigenvalue weighted by Crippen LogP contribution is -2.31. The molecule has 2 rings (SSSR count). The Labute approximate surface area is 135 Å². The van der Waals surface area contributed by atoms with Crippen LogP contribution in [0.1, 0.15) is 37.4 Å². The van der Waals surface area contributed by atoms with Crippen LogP contribution in [0.2, 0.25) is 0 Å². The van der Waals surface area contributed by atoms with E-state index < -0.39 is 21.6 Å². The summed E-state index contributed by atoms with van der Waals surface area (Å²) in [6.07, 6.45) is -3.75. The van der Waals surface area contributed by atoms with Crippen molar-refractivity contribution in [1.82, 2.24) is 5.32 Å². The molecule has 130 valence electrons. The first-order chi connectivity index (χ1) is 10.6. The summed E-state index contributed by atoms with van der Waals surface area (Å²) in [7, 11) is -2.94. The van der Waals surface area contributed by atoms with Gasteiger partial charge < -0.3 is 5.32 Å². The topological polar surface area (TPSA) is 46.2 Å². The summed E-state index contributed by atoms with van der Waals surface area (Å²) in [6, 6.07) is 5.08. The number of hydrogen-bond donors (Lipinski definition) is 1. The second-order valence-electron chi connectivity index (χ2n) is 6.52. The molecule has 1 aromatic rings. The molecule has 0 saturated carbocycles. The van der Waals surface area contributed by atoms with Crippen molar-refractivity contribution in [3.8, 4) is 0 Å². The molecule has 0 aliphatic carbocycles. The Balaban J connectivity index is 2.10. The molecule has 1 heterocycles. The first-order valence-corrected chi connectivity index (χ1v) is 9.51. The largest absolute Gasteiger partial charge is 0.416 e. The molecule has 0 spiro atoms. The van der Waals surface area contributed by atoms with Gasteiger partial charge in [-0.1, -0.05) is 26.0 Å². The van der Waals surface area contributed by atoms with Gasteiger partial charge in [-0.05, 0) is 42.5 Å². The van der Waals surface area contributed by atoms with E-state index in [1.165, 1.54) is 12.1 Å². The fourth-order valence-electron chi connectivity index (χ4n) is 2.97. The zero-order valence-corrected chi connectivity index (χ0v) is 14.0. The maximum Gasteiger partial charge on any atom is 0.416 e. The number of nitrogens with one attached hydrogen (secondary N) is 1. The highest BCUT2D eigenvalue weighted by molar-refractivity contribution is 7.91. The molecule has 1 saturated heterocycles. The lowest BCUT2D eigenvalue weighted by Gasteiger charge is -2.25. The van der Waals surface area contributed by atoms with Crippen LogP contribution in [0.25, 0.3) is 0 Å². The Kier molecular flexibility index (Phi) is 5.41. The second kappa shape index (κ2) is 6.81. The molecule has 0 bridgehead atoms. The van der Waals surface area contributed by atoms with E-state index in [1.54, 1.807) is 6.07 Å². The molecule has 1 aliphatic heterocycles. The highest BCUT2D eigenvalue weighted by Crippen LogP contribution is 2.32. The predicted molar refractivity (Wildman–Crippen MR) is 83.8 cm³/mol. The van der Waals surface area contributed by atoms with Crippen LogP contribution in [0.5, 0.6) is 0 Å². The summed E-state index contributed by atoms with van der Waals surface area (Å²) in [6.45, 7) is 4.37. The molecule has 0 aromatic heterocycles. The van der Waals surface area contributed by atoms with Crippen LogP contribution in [0.4, 0.5) is 13.2 Å².